The average Bonchev–Trinajstić information content (AvgIpc) is 2.80. The fraction of sp³-hybridized carbons (Fsp3) is 0.609. The molecule has 5 N–H and O–H groups in total. The molecule has 2 heterocycles. The van der Waals surface area contributed by atoms with Crippen LogP contribution in [0.1, 0.15) is 45.4 Å². The summed E-state index contributed by atoms with van der Waals surface area (Å²) in [6.07, 6.45) is -0.862. The van der Waals surface area contributed by atoms with Crippen LogP contribution in [0.15, 0.2) is 27.4 Å². The molecule has 5 atom stereocenters. The second-order valence-corrected chi connectivity index (χ2v) is 8.16. The van der Waals surface area contributed by atoms with Crippen molar-refractivity contribution in [2.24, 2.45) is 0 Å². The molecule has 1 aliphatic heterocycles. The second kappa shape index (κ2) is 11.7. The highest BCUT2D eigenvalue weighted by atomic mass is 16.7. The van der Waals surface area contributed by atoms with Gasteiger partial charge in [0.05, 0.1) is 18.6 Å². The van der Waals surface area contributed by atoms with Gasteiger partial charge in [-0.2, -0.15) is 0 Å². The van der Waals surface area contributed by atoms with E-state index in [0.717, 1.165) is 32.1 Å². The van der Waals surface area contributed by atoms with Gasteiger partial charge in [-0.25, -0.2) is 4.79 Å². The van der Waals surface area contributed by atoms with E-state index in [9.17, 15) is 30.3 Å². The standard InChI is InChI=1S/C23H32O10/c1-2-3-4-5-6-7-10-30-21-17(25)14-9-8-13(11-15(14)32-22(21)29)31-23-20(28)19(27)18(26)16(12-24)33-23/h8-9,11,16,18-20,23-28H,2-7,10,12H2,1H3/t16-,18+,19+,20-,23-/m1/s1. The minimum Gasteiger partial charge on any atom is -0.504 e. The van der Waals surface area contributed by atoms with Gasteiger partial charge in [-0.15, -0.1) is 0 Å². The van der Waals surface area contributed by atoms with Crippen molar-refractivity contribution in [1.29, 1.82) is 0 Å². The smallest absolute Gasteiger partial charge is 0.383 e. The van der Waals surface area contributed by atoms with Gasteiger partial charge in [-0.05, 0) is 18.6 Å². The third-order valence-corrected chi connectivity index (χ3v) is 5.66. The Hall–Kier alpha value is -2.37. The number of hydrogen-bond acceptors (Lipinski definition) is 10. The molecule has 1 aromatic carbocycles. The summed E-state index contributed by atoms with van der Waals surface area (Å²) >= 11 is 0. The Morgan fingerprint density at radius 2 is 1.73 bits per heavy atom. The van der Waals surface area contributed by atoms with Gasteiger partial charge in [0.15, 0.2) is 5.75 Å². The van der Waals surface area contributed by atoms with Gasteiger partial charge in [0.2, 0.25) is 12.0 Å². The highest BCUT2D eigenvalue weighted by Gasteiger charge is 2.44. The molecule has 0 amide bonds. The Labute approximate surface area is 190 Å². The Balaban J connectivity index is 1.69. The van der Waals surface area contributed by atoms with Gasteiger partial charge in [0.25, 0.3) is 0 Å². The number of unbranched alkanes of at least 4 members (excludes halogenated alkanes) is 5. The molecule has 1 fully saturated rings. The molecule has 10 nitrogen and oxygen atoms in total. The average molecular weight is 468 g/mol. The van der Waals surface area contributed by atoms with Crippen molar-refractivity contribution in [3.05, 3.63) is 28.6 Å². The predicted octanol–water partition coefficient (Wildman–Crippen LogP) is 1.42. The monoisotopic (exact) mass is 468 g/mol. The van der Waals surface area contributed by atoms with E-state index in [2.05, 4.69) is 6.92 Å². The zero-order chi connectivity index (χ0) is 24.0. The molecular formula is C23H32O10. The van der Waals surface area contributed by atoms with Crippen molar-refractivity contribution in [3.63, 3.8) is 0 Å². The van der Waals surface area contributed by atoms with Crippen LogP contribution in [0.25, 0.3) is 11.0 Å². The Kier molecular flexibility index (Phi) is 8.93. The first-order chi connectivity index (χ1) is 15.9. The first kappa shape index (κ1) is 25.3. The van der Waals surface area contributed by atoms with Gasteiger partial charge in [0, 0.05) is 6.07 Å². The molecule has 0 saturated carbocycles. The Morgan fingerprint density at radius 1 is 1.00 bits per heavy atom. The Bertz CT molecular complexity index is 956. The maximum atomic E-state index is 12.3. The molecule has 33 heavy (non-hydrogen) atoms. The number of aliphatic hydroxyl groups is 4. The van der Waals surface area contributed by atoms with Crippen LogP contribution in [-0.2, 0) is 4.74 Å². The molecule has 0 aliphatic carbocycles. The first-order valence-corrected chi connectivity index (χ1v) is 11.3. The molecule has 1 aromatic heterocycles. The molecule has 10 heteroatoms. The summed E-state index contributed by atoms with van der Waals surface area (Å²) in [7, 11) is 0. The van der Waals surface area contributed by atoms with Crippen LogP contribution in [0.4, 0.5) is 0 Å². The zero-order valence-corrected chi connectivity index (χ0v) is 18.6. The largest absolute Gasteiger partial charge is 0.504 e. The number of aromatic hydroxyl groups is 1. The van der Waals surface area contributed by atoms with E-state index in [-0.39, 0.29) is 34.8 Å². The summed E-state index contributed by atoms with van der Waals surface area (Å²) in [5.41, 5.74) is -0.817. The van der Waals surface area contributed by atoms with Gasteiger partial charge in [-0.3, -0.25) is 0 Å². The van der Waals surface area contributed by atoms with Crippen molar-refractivity contribution in [1.82, 2.24) is 0 Å². The fourth-order valence-corrected chi connectivity index (χ4v) is 3.70. The molecule has 2 aromatic rings. The number of rotatable bonds is 11. The van der Waals surface area contributed by atoms with Crippen LogP contribution in [-0.4, -0.2) is 69.5 Å². The van der Waals surface area contributed by atoms with E-state index >= 15 is 0 Å². The van der Waals surface area contributed by atoms with Crippen molar-refractivity contribution < 1.29 is 44.2 Å². The van der Waals surface area contributed by atoms with Crippen molar-refractivity contribution in [3.8, 4) is 17.2 Å². The molecule has 3 rings (SSSR count). The lowest BCUT2D eigenvalue weighted by atomic mass is 9.99. The lowest BCUT2D eigenvalue weighted by Gasteiger charge is -2.39. The van der Waals surface area contributed by atoms with Crippen LogP contribution >= 0.6 is 0 Å². The van der Waals surface area contributed by atoms with Gasteiger partial charge >= 0.3 is 5.63 Å². The van der Waals surface area contributed by atoms with E-state index in [1.54, 1.807) is 0 Å². The van der Waals surface area contributed by atoms with Crippen LogP contribution in [0, 0.1) is 0 Å². The van der Waals surface area contributed by atoms with Crippen LogP contribution in [0.5, 0.6) is 17.2 Å². The van der Waals surface area contributed by atoms with Crippen LogP contribution < -0.4 is 15.1 Å². The maximum Gasteiger partial charge on any atom is 0.383 e. The lowest BCUT2D eigenvalue weighted by Crippen LogP contribution is -2.60. The van der Waals surface area contributed by atoms with E-state index in [4.69, 9.17) is 18.6 Å². The van der Waals surface area contributed by atoms with Crippen molar-refractivity contribution in [2.75, 3.05) is 13.2 Å². The lowest BCUT2D eigenvalue weighted by molar-refractivity contribution is -0.277. The van der Waals surface area contributed by atoms with Crippen LogP contribution in [0.3, 0.4) is 0 Å². The molecule has 0 bridgehead atoms. The number of benzene rings is 1. The summed E-state index contributed by atoms with van der Waals surface area (Å²) in [4.78, 5) is 12.3. The topological polar surface area (TPSA) is 159 Å². The SMILES string of the molecule is CCCCCCCCOc1c(O)c2ccc(O[C@@H]3O[C@H](CO)[C@H](O)[C@H](O)[C@H]3O)cc2oc1=O. The summed E-state index contributed by atoms with van der Waals surface area (Å²) in [5.74, 6) is -0.486. The molecule has 1 saturated heterocycles. The Morgan fingerprint density at radius 3 is 2.45 bits per heavy atom. The molecule has 1 aliphatic rings. The summed E-state index contributed by atoms with van der Waals surface area (Å²) < 4.78 is 21.6. The minimum absolute atomic E-state index is 0.0199. The molecule has 0 radical (unpaired) electrons. The highest BCUT2D eigenvalue weighted by Crippen LogP contribution is 2.34. The van der Waals surface area contributed by atoms with E-state index < -0.39 is 42.9 Å². The maximum absolute atomic E-state index is 12.3. The van der Waals surface area contributed by atoms with E-state index in [0.29, 0.717) is 0 Å². The number of fused-ring (bicyclic) bond motifs is 1. The number of hydrogen-bond donors (Lipinski definition) is 5. The van der Waals surface area contributed by atoms with Gasteiger partial charge in [-0.1, -0.05) is 39.0 Å². The highest BCUT2D eigenvalue weighted by molar-refractivity contribution is 5.86. The van der Waals surface area contributed by atoms with Gasteiger partial charge in [0.1, 0.15) is 35.7 Å². The molecular weight excluding hydrogens is 436 g/mol. The second-order valence-electron chi connectivity index (χ2n) is 8.16. The third kappa shape index (κ3) is 5.96. The number of aliphatic hydroxyl groups excluding tert-OH is 4. The van der Waals surface area contributed by atoms with Crippen molar-refractivity contribution in [2.45, 2.75) is 76.2 Å². The summed E-state index contributed by atoms with van der Waals surface area (Å²) in [5, 5.41) is 49.9. The molecule has 184 valence electrons. The van der Waals surface area contributed by atoms with E-state index in [1.165, 1.54) is 24.6 Å². The fourth-order valence-electron chi connectivity index (χ4n) is 3.70. The van der Waals surface area contributed by atoms with E-state index in [1.807, 2.05) is 0 Å². The minimum atomic E-state index is -1.59. The quantitative estimate of drug-likeness (QED) is 0.241. The zero-order valence-electron chi connectivity index (χ0n) is 18.6. The molecule has 0 unspecified atom stereocenters. The molecule has 0 spiro atoms. The van der Waals surface area contributed by atoms with Crippen molar-refractivity contribution >= 4 is 11.0 Å². The predicted molar refractivity (Wildman–Crippen MR) is 117 cm³/mol. The van der Waals surface area contributed by atoms with Gasteiger partial charge < -0.3 is 44.2 Å². The number of ether oxygens (including phenoxy) is 3. The first-order valence-electron chi connectivity index (χ1n) is 11.3. The summed E-state index contributed by atoms with van der Waals surface area (Å²) in [6.45, 7) is 1.84. The van der Waals surface area contributed by atoms with Crippen LogP contribution in [0.2, 0.25) is 0 Å². The third-order valence-electron chi connectivity index (χ3n) is 5.66. The normalized spacial score (nSPS) is 25.3. The summed E-state index contributed by atoms with van der Waals surface area (Å²) in [6, 6.07) is 4.21.